The van der Waals surface area contributed by atoms with Crippen molar-refractivity contribution in [3.8, 4) is 0 Å². The van der Waals surface area contributed by atoms with Gasteiger partial charge in [-0.25, -0.2) is 4.98 Å². The molecular weight excluding hydrogens is 280 g/mol. The number of nitrogens with zero attached hydrogens (tertiary/aromatic N) is 2. The lowest BCUT2D eigenvalue weighted by Gasteiger charge is -2.16. The molecule has 1 aromatic heterocycles. The van der Waals surface area contributed by atoms with Crippen molar-refractivity contribution in [2.75, 3.05) is 6.61 Å². The summed E-state index contributed by atoms with van der Waals surface area (Å²) in [4.78, 5) is 17.1. The van der Waals surface area contributed by atoms with E-state index in [1.54, 1.807) is 4.57 Å². The molecule has 0 atom stereocenters. The third-order valence-electron chi connectivity index (χ3n) is 3.60. The Bertz CT molecular complexity index is 702. The van der Waals surface area contributed by atoms with Gasteiger partial charge in [0.1, 0.15) is 12.6 Å². The highest BCUT2D eigenvalue weighted by Crippen LogP contribution is 2.13. The second-order valence-electron chi connectivity index (χ2n) is 6.71. The maximum absolute atomic E-state index is 12.6. The molecule has 0 unspecified atom stereocenters. The molecule has 0 spiro atoms. The van der Waals surface area contributed by atoms with Crippen LogP contribution in [0.4, 0.5) is 0 Å². The van der Waals surface area contributed by atoms with Crippen molar-refractivity contribution in [2.24, 2.45) is 0 Å². The summed E-state index contributed by atoms with van der Waals surface area (Å²) in [6.07, 6.45) is 0. The molecular formula is C16H24N2O2Si. The zero-order valence-corrected chi connectivity index (χ0v) is 14.6. The molecule has 1 aromatic carbocycles. The van der Waals surface area contributed by atoms with Crippen molar-refractivity contribution in [3.05, 3.63) is 39.9 Å². The van der Waals surface area contributed by atoms with Gasteiger partial charge in [-0.1, -0.05) is 31.8 Å². The summed E-state index contributed by atoms with van der Waals surface area (Å²) in [5.41, 5.74) is 1.71. The van der Waals surface area contributed by atoms with Crippen molar-refractivity contribution in [1.82, 2.24) is 9.55 Å². The Hall–Kier alpha value is -1.46. The predicted octanol–water partition coefficient (Wildman–Crippen LogP) is 3.33. The second kappa shape index (κ2) is 6.11. The first kappa shape index (κ1) is 15.9. The molecule has 0 saturated heterocycles. The third kappa shape index (κ3) is 3.80. The average molecular weight is 304 g/mol. The summed E-state index contributed by atoms with van der Waals surface area (Å²) in [7, 11) is -1.10. The monoisotopic (exact) mass is 304 g/mol. The van der Waals surface area contributed by atoms with Crippen LogP contribution in [0, 0.1) is 13.8 Å². The highest BCUT2D eigenvalue weighted by Gasteiger charge is 2.13. The topological polar surface area (TPSA) is 44.1 Å². The van der Waals surface area contributed by atoms with E-state index >= 15 is 0 Å². The minimum absolute atomic E-state index is 0.0106. The normalized spacial score (nSPS) is 12.0. The molecule has 0 bridgehead atoms. The van der Waals surface area contributed by atoms with E-state index in [4.69, 9.17) is 4.74 Å². The minimum atomic E-state index is -1.10. The van der Waals surface area contributed by atoms with E-state index in [0.717, 1.165) is 17.1 Å². The number of ether oxygens (including phenoxy) is 1. The van der Waals surface area contributed by atoms with Gasteiger partial charge >= 0.3 is 0 Å². The molecule has 2 aromatic rings. The Morgan fingerprint density at radius 2 is 1.95 bits per heavy atom. The Kier molecular flexibility index (Phi) is 4.63. The van der Waals surface area contributed by atoms with Gasteiger partial charge in [0.15, 0.2) is 0 Å². The summed E-state index contributed by atoms with van der Waals surface area (Å²) >= 11 is 0. The Balaban J connectivity index is 2.24. The molecule has 2 rings (SSSR count). The summed E-state index contributed by atoms with van der Waals surface area (Å²) < 4.78 is 7.33. The molecule has 0 N–H and O–H groups in total. The molecule has 0 aliphatic heterocycles. The molecule has 1 heterocycles. The first-order chi connectivity index (χ1) is 9.79. The molecule has 0 amide bonds. The molecule has 21 heavy (non-hydrogen) atoms. The fourth-order valence-corrected chi connectivity index (χ4v) is 2.98. The lowest BCUT2D eigenvalue weighted by molar-refractivity contribution is 0.0829. The van der Waals surface area contributed by atoms with Crippen molar-refractivity contribution in [1.29, 1.82) is 0 Å². The fourth-order valence-electron chi connectivity index (χ4n) is 2.23. The summed E-state index contributed by atoms with van der Waals surface area (Å²) in [6.45, 7) is 11.7. The number of benzene rings is 1. The predicted molar refractivity (Wildman–Crippen MR) is 89.6 cm³/mol. The van der Waals surface area contributed by atoms with Crippen LogP contribution in [0.25, 0.3) is 10.9 Å². The lowest BCUT2D eigenvalue weighted by Crippen LogP contribution is -2.27. The van der Waals surface area contributed by atoms with Gasteiger partial charge in [0, 0.05) is 14.7 Å². The maximum atomic E-state index is 12.6. The quantitative estimate of drug-likeness (QED) is 0.628. The summed E-state index contributed by atoms with van der Waals surface area (Å²) in [5, 5.41) is 0.692. The number of fused-ring (bicyclic) bond motifs is 1. The van der Waals surface area contributed by atoms with Crippen LogP contribution in [-0.2, 0) is 11.5 Å². The van der Waals surface area contributed by atoms with Crippen LogP contribution in [0.3, 0.4) is 0 Å². The van der Waals surface area contributed by atoms with E-state index in [1.807, 2.05) is 32.0 Å². The van der Waals surface area contributed by atoms with Crippen molar-refractivity contribution < 1.29 is 4.74 Å². The Labute approximate surface area is 126 Å². The zero-order valence-electron chi connectivity index (χ0n) is 13.6. The van der Waals surface area contributed by atoms with Crippen LogP contribution >= 0.6 is 0 Å². The molecule has 0 fully saturated rings. The number of aromatic nitrogens is 2. The van der Waals surface area contributed by atoms with Crippen molar-refractivity contribution in [3.63, 3.8) is 0 Å². The number of rotatable bonds is 5. The van der Waals surface area contributed by atoms with Gasteiger partial charge in [-0.15, -0.1) is 0 Å². The number of hydrogen-bond donors (Lipinski definition) is 0. The molecule has 4 nitrogen and oxygen atoms in total. The van der Waals surface area contributed by atoms with Crippen molar-refractivity contribution in [2.45, 2.75) is 46.3 Å². The van der Waals surface area contributed by atoms with Gasteiger partial charge in [0.25, 0.3) is 5.56 Å². The largest absolute Gasteiger partial charge is 0.361 e. The van der Waals surface area contributed by atoms with Crippen LogP contribution in [0.5, 0.6) is 0 Å². The number of aryl methyl sites for hydroxylation is 2. The molecule has 0 radical (unpaired) electrons. The zero-order chi connectivity index (χ0) is 15.6. The standard InChI is InChI=1S/C16H24N2O2Si/c1-12-7-6-8-14-15(12)16(19)18(13(2)17-14)11-20-9-10-21(3,4)5/h6-8H,9-11H2,1-5H3. The fraction of sp³-hybridized carbons (Fsp3) is 0.500. The Morgan fingerprint density at radius 3 is 2.62 bits per heavy atom. The van der Waals surface area contributed by atoms with E-state index in [9.17, 15) is 4.79 Å². The average Bonchev–Trinajstić information content (AvgIpc) is 2.36. The lowest BCUT2D eigenvalue weighted by atomic mass is 10.1. The van der Waals surface area contributed by atoms with Crippen molar-refractivity contribution >= 4 is 19.0 Å². The maximum Gasteiger partial charge on any atom is 0.263 e. The second-order valence-corrected chi connectivity index (χ2v) is 12.3. The smallest absolute Gasteiger partial charge is 0.263 e. The number of hydrogen-bond acceptors (Lipinski definition) is 3. The Morgan fingerprint density at radius 1 is 1.24 bits per heavy atom. The van der Waals surface area contributed by atoms with Crippen LogP contribution in [0.1, 0.15) is 11.4 Å². The van der Waals surface area contributed by atoms with E-state index in [1.165, 1.54) is 0 Å². The van der Waals surface area contributed by atoms with Crippen LogP contribution < -0.4 is 5.56 Å². The molecule has 5 heteroatoms. The highest BCUT2D eigenvalue weighted by atomic mass is 28.3. The third-order valence-corrected chi connectivity index (χ3v) is 5.30. The van der Waals surface area contributed by atoms with E-state index in [0.29, 0.717) is 17.8 Å². The molecule has 0 saturated carbocycles. The summed E-state index contributed by atoms with van der Waals surface area (Å²) in [6, 6.07) is 6.85. The summed E-state index contributed by atoms with van der Waals surface area (Å²) in [5.74, 6) is 0.700. The SMILES string of the molecule is Cc1cccc2nc(C)n(COCC[Si](C)(C)C)c(=O)c12. The minimum Gasteiger partial charge on any atom is -0.361 e. The van der Waals surface area contributed by atoms with E-state index < -0.39 is 8.07 Å². The first-order valence-corrected chi connectivity index (χ1v) is 11.0. The van der Waals surface area contributed by atoms with Crippen LogP contribution in [0.15, 0.2) is 23.0 Å². The van der Waals surface area contributed by atoms with Gasteiger partial charge < -0.3 is 4.74 Å². The van der Waals surface area contributed by atoms with Gasteiger partial charge in [-0.05, 0) is 31.5 Å². The van der Waals surface area contributed by atoms with Crippen LogP contribution in [-0.4, -0.2) is 24.2 Å². The highest BCUT2D eigenvalue weighted by molar-refractivity contribution is 6.76. The van der Waals surface area contributed by atoms with E-state index in [-0.39, 0.29) is 12.3 Å². The van der Waals surface area contributed by atoms with Gasteiger partial charge in [-0.3, -0.25) is 9.36 Å². The van der Waals surface area contributed by atoms with E-state index in [2.05, 4.69) is 24.6 Å². The molecule has 114 valence electrons. The molecule has 0 aliphatic rings. The first-order valence-electron chi connectivity index (χ1n) is 7.34. The van der Waals surface area contributed by atoms with Crippen LogP contribution in [0.2, 0.25) is 25.7 Å². The van der Waals surface area contributed by atoms with Gasteiger partial charge in [0.2, 0.25) is 0 Å². The van der Waals surface area contributed by atoms with Gasteiger partial charge in [-0.2, -0.15) is 0 Å². The van der Waals surface area contributed by atoms with Gasteiger partial charge in [0.05, 0.1) is 10.9 Å². The molecule has 0 aliphatic carbocycles.